The van der Waals surface area contributed by atoms with E-state index in [0.29, 0.717) is 25.9 Å². The molecule has 1 atom stereocenters. The molecule has 0 spiro atoms. The first-order chi connectivity index (χ1) is 14.4. The zero-order chi connectivity index (χ0) is 21.5. The normalized spacial score (nSPS) is 18.4. The summed E-state index contributed by atoms with van der Waals surface area (Å²) in [5.74, 6) is -0.542. The Kier molecular flexibility index (Phi) is 7.71. The molecule has 0 aromatic heterocycles. The van der Waals surface area contributed by atoms with E-state index in [0.717, 1.165) is 31.5 Å². The van der Waals surface area contributed by atoms with Crippen molar-refractivity contribution in [3.8, 4) is 0 Å². The Labute approximate surface area is 178 Å². The van der Waals surface area contributed by atoms with Crippen molar-refractivity contribution in [1.82, 2.24) is 15.1 Å². The summed E-state index contributed by atoms with van der Waals surface area (Å²) in [6.45, 7) is 6.49. The minimum atomic E-state index is -0.422. The number of piperidine rings is 1. The Morgan fingerprint density at radius 2 is 1.60 bits per heavy atom. The summed E-state index contributed by atoms with van der Waals surface area (Å²) >= 11 is 0. The van der Waals surface area contributed by atoms with E-state index in [9.17, 15) is 14.4 Å². The quantitative estimate of drug-likeness (QED) is 0.724. The van der Waals surface area contributed by atoms with Gasteiger partial charge in [-0.1, -0.05) is 30.3 Å². The topological polar surface area (TPSA) is 79.0 Å². The number of carbonyl (C=O) groups is 3. The van der Waals surface area contributed by atoms with Gasteiger partial charge in [0.1, 0.15) is 0 Å². The number of urea groups is 1. The molecule has 1 unspecified atom stereocenters. The van der Waals surface area contributed by atoms with Crippen LogP contribution in [0.25, 0.3) is 0 Å². The number of rotatable bonds is 6. The molecule has 2 aliphatic rings. The summed E-state index contributed by atoms with van der Waals surface area (Å²) in [4.78, 5) is 41.5. The number of ether oxygens (including phenoxy) is 1. The monoisotopic (exact) mass is 415 g/mol. The van der Waals surface area contributed by atoms with Crippen LogP contribution < -0.4 is 5.32 Å². The number of amides is 3. The molecule has 164 valence electrons. The molecule has 1 aromatic carbocycles. The third-order valence-electron chi connectivity index (χ3n) is 5.77. The summed E-state index contributed by atoms with van der Waals surface area (Å²) in [7, 11) is 0. The smallest absolute Gasteiger partial charge is 0.319 e. The largest absolute Gasteiger partial charge is 0.463 e. The van der Waals surface area contributed by atoms with Crippen molar-refractivity contribution in [3.05, 3.63) is 35.9 Å². The van der Waals surface area contributed by atoms with Crippen LogP contribution in [0.1, 0.15) is 57.6 Å². The molecule has 3 rings (SSSR count). The first-order valence-electron chi connectivity index (χ1n) is 11.0. The molecule has 0 saturated carbocycles. The van der Waals surface area contributed by atoms with E-state index in [1.807, 2.05) is 54.0 Å². The Balaban J connectivity index is 1.56. The van der Waals surface area contributed by atoms with Gasteiger partial charge in [0.2, 0.25) is 5.91 Å². The predicted molar refractivity (Wildman–Crippen MR) is 114 cm³/mol. The molecule has 30 heavy (non-hydrogen) atoms. The molecule has 0 radical (unpaired) electrons. The van der Waals surface area contributed by atoms with Crippen LogP contribution >= 0.6 is 0 Å². The Hall–Kier alpha value is -2.57. The Morgan fingerprint density at radius 1 is 1.00 bits per heavy atom. The van der Waals surface area contributed by atoms with Gasteiger partial charge in [-0.25, -0.2) is 4.79 Å². The third-order valence-corrected chi connectivity index (χ3v) is 5.77. The van der Waals surface area contributed by atoms with E-state index in [4.69, 9.17) is 4.74 Å². The molecule has 3 amide bonds. The van der Waals surface area contributed by atoms with Crippen molar-refractivity contribution in [2.75, 3.05) is 26.2 Å². The molecule has 7 nitrogen and oxygen atoms in total. The Bertz CT molecular complexity index is 723. The lowest BCUT2D eigenvalue weighted by molar-refractivity contribution is -0.148. The standard InChI is InChI=1S/C23H33N3O4/c1-17(2)30-21(27)16-20(18-8-4-3-5-9-18)24-22(28)19-10-14-26(15-11-19)23(29)25-12-6-7-13-25/h3-5,8-9,17,19-20H,6-7,10-16H2,1-2H3,(H,24,28). The van der Waals surface area contributed by atoms with Gasteiger partial charge in [0.05, 0.1) is 18.6 Å². The van der Waals surface area contributed by atoms with Gasteiger partial charge in [-0.3, -0.25) is 9.59 Å². The van der Waals surface area contributed by atoms with Crippen LogP contribution in [0.2, 0.25) is 0 Å². The van der Waals surface area contributed by atoms with E-state index in [2.05, 4.69) is 5.32 Å². The maximum Gasteiger partial charge on any atom is 0.319 e. The summed E-state index contributed by atoms with van der Waals surface area (Å²) in [5.41, 5.74) is 0.883. The van der Waals surface area contributed by atoms with E-state index in [-0.39, 0.29) is 36.4 Å². The fraction of sp³-hybridized carbons (Fsp3) is 0.609. The lowest BCUT2D eigenvalue weighted by Gasteiger charge is -2.34. The van der Waals surface area contributed by atoms with E-state index in [1.165, 1.54) is 0 Å². The van der Waals surface area contributed by atoms with Crippen LogP contribution in [0.3, 0.4) is 0 Å². The van der Waals surface area contributed by atoms with Crippen molar-refractivity contribution < 1.29 is 19.1 Å². The molecular formula is C23H33N3O4. The van der Waals surface area contributed by atoms with Crippen molar-refractivity contribution in [3.63, 3.8) is 0 Å². The maximum atomic E-state index is 12.9. The molecule has 2 saturated heterocycles. The highest BCUT2D eigenvalue weighted by Gasteiger charge is 2.31. The summed E-state index contributed by atoms with van der Waals surface area (Å²) in [6.07, 6.45) is 3.34. The van der Waals surface area contributed by atoms with Gasteiger partial charge in [0, 0.05) is 32.1 Å². The number of carbonyl (C=O) groups excluding carboxylic acids is 3. The number of likely N-dealkylation sites (tertiary alicyclic amines) is 2. The van der Waals surface area contributed by atoms with Gasteiger partial charge in [0.25, 0.3) is 0 Å². The van der Waals surface area contributed by atoms with Gasteiger partial charge in [-0.15, -0.1) is 0 Å². The van der Waals surface area contributed by atoms with Gasteiger partial charge in [-0.2, -0.15) is 0 Å². The average Bonchev–Trinajstić information content (AvgIpc) is 3.28. The fourth-order valence-electron chi connectivity index (χ4n) is 4.15. The average molecular weight is 416 g/mol. The second-order valence-electron chi connectivity index (χ2n) is 8.45. The highest BCUT2D eigenvalue weighted by Crippen LogP contribution is 2.23. The van der Waals surface area contributed by atoms with Gasteiger partial charge < -0.3 is 19.9 Å². The first kappa shape index (κ1) is 22.1. The number of esters is 1. The number of hydrogen-bond donors (Lipinski definition) is 1. The fourth-order valence-corrected chi connectivity index (χ4v) is 4.15. The second kappa shape index (κ2) is 10.5. The molecule has 0 aliphatic carbocycles. The molecule has 1 aromatic rings. The highest BCUT2D eigenvalue weighted by atomic mass is 16.5. The SMILES string of the molecule is CC(C)OC(=O)CC(NC(=O)C1CCN(C(=O)N2CCCC2)CC1)c1ccccc1. The highest BCUT2D eigenvalue weighted by molar-refractivity contribution is 5.81. The maximum absolute atomic E-state index is 12.9. The van der Waals surface area contributed by atoms with Crippen LogP contribution in [-0.2, 0) is 14.3 Å². The number of hydrogen-bond acceptors (Lipinski definition) is 4. The van der Waals surface area contributed by atoms with Crippen molar-refractivity contribution in [2.24, 2.45) is 5.92 Å². The summed E-state index contributed by atoms with van der Waals surface area (Å²) in [6, 6.07) is 9.19. The lowest BCUT2D eigenvalue weighted by atomic mass is 9.94. The minimum absolute atomic E-state index is 0.0607. The number of nitrogens with one attached hydrogen (secondary N) is 1. The van der Waals surface area contributed by atoms with Crippen molar-refractivity contribution in [2.45, 2.75) is 58.1 Å². The zero-order valence-corrected chi connectivity index (χ0v) is 18.0. The zero-order valence-electron chi connectivity index (χ0n) is 18.0. The van der Waals surface area contributed by atoms with Crippen molar-refractivity contribution in [1.29, 1.82) is 0 Å². The lowest BCUT2D eigenvalue weighted by Crippen LogP contribution is -2.48. The van der Waals surface area contributed by atoms with Gasteiger partial charge >= 0.3 is 12.0 Å². The molecule has 1 N–H and O–H groups in total. The van der Waals surface area contributed by atoms with E-state index >= 15 is 0 Å². The van der Waals surface area contributed by atoms with Crippen LogP contribution in [0.15, 0.2) is 30.3 Å². The van der Waals surface area contributed by atoms with Crippen LogP contribution in [-0.4, -0.2) is 60.0 Å². The van der Waals surface area contributed by atoms with Crippen LogP contribution in [0.5, 0.6) is 0 Å². The van der Waals surface area contributed by atoms with Crippen LogP contribution in [0.4, 0.5) is 4.79 Å². The van der Waals surface area contributed by atoms with Gasteiger partial charge in [-0.05, 0) is 45.1 Å². The first-order valence-corrected chi connectivity index (χ1v) is 11.0. The second-order valence-corrected chi connectivity index (χ2v) is 8.45. The van der Waals surface area contributed by atoms with E-state index in [1.54, 1.807) is 0 Å². The molecule has 0 bridgehead atoms. The summed E-state index contributed by atoms with van der Waals surface area (Å²) in [5, 5.41) is 3.05. The predicted octanol–water partition coefficient (Wildman–Crippen LogP) is 3.11. The molecule has 2 heterocycles. The Morgan fingerprint density at radius 3 is 2.20 bits per heavy atom. The van der Waals surface area contributed by atoms with E-state index < -0.39 is 6.04 Å². The molecule has 2 aliphatic heterocycles. The number of benzene rings is 1. The number of nitrogens with zero attached hydrogens (tertiary/aromatic N) is 2. The van der Waals surface area contributed by atoms with Crippen molar-refractivity contribution >= 4 is 17.9 Å². The van der Waals surface area contributed by atoms with Crippen LogP contribution in [0, 0.1) is 5.92 Å². The molecule has 7 heteroatoms. The third kappa shape index (κ3) is 5.97. The summed E-state index contributed by atoms with van der Waals surface area (Å²) < 4.78 is 5.28. The molecular weight excluding hydrogens is 382 g/mol. The van der Waals surface area contributed by atoms with Gasteiger partial charge in [0.15, 0.2) is 0 Å². The molecule has 2 fully saturated rings. The minimum Gasteiger partial charge on any atom is -0.463 e.